The number of benzene rings is 1. The van der Waals surface area contributed by atoms with E-state index in [1.54, 1.807) is 0 Å². The van der Waals surface area contributed by atoms with E-state index in [9.17, 15) is 0 Å². The molecule has 2 nitrogen and oxygen atoms in total. The zero-order chi connectivity index (χ0) is 10.7. The highest BCUT2D eigenvalue weighted by atomic mass is 35.5. The van der Waals surface area contributed by atoms with Crippen LogP contribution in [0.25, 0.3) is 0 Å². The second-order valence-corrected chi connectivity index (χ2v) is 4.57. The molecule has 0 aromatic heterocycles. The summed E-state index contributed by atoms with van der Waals surface area (Å²) in [6, 6.07) is 8.11. The van der Waals surface area contributed by atoms with Crippen LogP contribution in [0.4, 0.5) is 0 Å². The lowest BCUT2D eigenvalue weighted by atomic mass is 10.2. The number of hydrogen-bond acceptors (Lipinski definition) is 2. The summed E-state index contributed by atoms with van der Waals surface area (Å²) in [7, 11) is 0. The third-order valence-electron chi connectivity index (χ3n) is 2.80. The van der Waals surface area contributed by atoms with Gasteiger partial charge in [-0.3, -0.25) is 0 Å². The van der Waals surface area contributed by atoms with Gasteiger partial charge in [-0.15, -0.1) is 0 Å². The van der Waals surface area contributed by atoms with Crippen LogP contribution in [0.2, 0.25) is 5.02 Å². The van der Waals surface area contributed by atoms with E-state index >= 15 is 0 Å². The maximum atomic E-state index is 5.89. The summed E-state index contributed by atoms with van der Waals surface area (Å²) in [5.41, 5.74) is 6.94. The van der Waals surface area contributed by atoms with E-state index in [1.165, 1.54) is 0 Å². The van der Waals surface area contributed by atoms with E-state index in [0.717, 1.165) is 29.8 Å². The summed E-state index contributed by atoms with van der Waals surface area (Å²) >= 11 is 5.89. The molecule has 82 valence electrons. The summed E-state index contributed by atoms with van der Waals surface area (Å²) in [4.78, 5) is 0. The molecule has 0 aliphatic heterocycles. The predicted molar refractivity (Wildman–Crippen MR) is 61.9 cm³/mol. The van der Waals surface area contributed by atoms with E-state index < -0.39 is 0 Å². The fourth-order valence-corrected chi connectivity index (χ4v) is 2.18. The largest absolute Gasteiger partial charge is 0.373 e. The topological polar surface area (TPSA) is 35.2 Å². The Morgan fingerprint density at radius 3 is 2.93 bits per heavy atom. The third kappa shape index (κ3) is 3.20. The van der Waals surface area contributed by atoms with Crippen molar-refractivity contribution >= 4 is 11.6 Å². The van der Waals surface area contributed by atoms with Crippen LogP contribution in [-0.4, -0.2) is 12.1 Å². The molecule has 2 unspecified atom stereocenters. The number of nitrogens with two attached hydrogens (primary N) is 1. The van der Waals surface area contributed by atoms with Gasteiger partial charge in [-0.1, -0.05) is 23.7 Å². The molecule has 1 aromatic rings. The van der Waals surface area contributed by atoms with Crippen molar-refractivity contribution in [3.63, 3.8) is 0 Å². The van der Waals surface area contributed by atoms with E-state index in [2.05, 4.69) is 0 Å². The molecule has 1 aromatic carbocycles. The second kappa shape index (κ2) is 4.97. The van der Waals surface area contributed by atoms with Crippen molar-refractivity contribution in [1.29, 1.82) is 0 Å². The zero-order valence-electron chi connectivity index (χ0n) is 8.66. The Balaban J connectivity index is 1.83. The van der Waals surface area contributed by atoms with E-state index in [0.29, 0.717) is 18.8 Å². The minimum Gasteiger partial charge on any atom is -0.373 e. The van der Waals surface area contributed by atoms with Gasteiger partial charge in [0.25, 0.3) is 0 Å². The van der Waals surface area contributed by atoms with Crippen LogP contribution in [0.3, 0.4) is 0 Å². The van der Waals surface area contributed by atoms with Crippen molar-refractivity contribution in [2.45, 2.75) is 38.0 Å². The van der Waals surface area contributed by atoms with Gasteiger partial charge in [-0.2, -0.15) is 0 Å². The molecule has 0 heterocycles. The van der Waals surface area contributed by atoms with Crippen molar-refractivity contribution in [1.82, 2.24) is 0 Å². The highest BCUT2D eigenvalue weighted by Gasteiger charge is 2.21. The lowest BCUT2D eigenvalue weighted by Gasteiger charge is -2.11. The molecule has 15 heavy (non-hydrogen) atoms. The molecule has 1 fully saturated rings. The van der Waals surface area contributed by atoms with Crippen molar-refractivity contribution < 1.29 is 4.74 Å². The molecule has 0 bridgehead atoms. The quantitative estimate of drug-likeness (QED) is 0.859. The fraction of sp³-hybridized carbons (Fsp3) is 0.500. The Labute approximate surface area is 95.4 Å². The van der Waals surface area contributed by atoms with Gasteiger partial charge in [0.15, 0.2) is 0 Å². The predicted octanol–water partition coefficient (Wildman–Crippen LogP) is 2.74. The number of rotatable bonds is 3. The van der Waals surface area contributed by atoms with Crippen LogP contribution in [0.1, 0.15) is 24.8 Å². The number of ether oxygens (including phenoxy) is 1. The zero-order valence-corrected chi connectivity index (χ0v) is 9.41. The maximum absolute atomic E-state index is 5.89. The molecule has 1 aliphatic carbocycles. The lowest BCUT2D eigenvalue weighted by molar-refractivity contribution is 0.0448. The van der Waals surface area contributed by atoms with Crippen LogP contribution in [0.15, 0.2) is 24.3 Å². The van der Waals surface area contributed by atoms with Gasteiger partial charge < -0.3 is 10.5 Å². The molecule has 1 saturated carbocycles. The molecule has 0 spiro atoms. The average molecular weight is 226 g/mol. The van der Waals surface area contributed by atoms with Crippen molar-refractivity contribution in [2.24, 2.45) is 5.73 Å². The molecular formula is C12H16ClNO. The van der Waals surface area contributed by atoms with Crippen LogP contribution >= 0.6 is 11.6 Å². The summed E-state index contributed by atoms with van der Waals surface area (Å²) in [5, 5.41) is 0.763. The van der Waals surface area contributed by atoms with E-state index in [4.69, 9.17) is 22.1 Å². The number of halogens is 1. The monoisotopic (exact) mass is 225 g/mol. The van der Waals surface area contributed by atoms with Gasteiger partial charge >= 0.3 is 0 Å². The Morgan fingerprint density at radius 2 is 2.27 bits per heavy atom. The summed E-state index contributed by atoms with van der Waals surface area (Å²) in [6.45, 7) is 0.637. The lowest BCUT2D eigenvalue weighted by Crippen LogP contribution is -2.17. The first-order valence-corrected chi connectivity index (χ1v) is 5.73. The van der Waals surface area contributed by atoms with Crippen LogP contribution in [-0.2, 0) is 11.3 Å². The minimum absolute atomic E-state index is 0.328. The van der Waals surface area contributed by atoms with Crippen molar-refractivity contribution in [2.75, 3.05) is 0 Å². The van der Waals surface area contributed by atoms with Crippen LogP contribution < -0.4 is 5.73 Å². The maximum Gasteiger partial charge on any atom is 0.0721 e. The van der Waals surface area contributed by atoms with E-state index in [1.807, 2.05) is 24.3 Å². The standard InChI is InChI=1S/C12H16ClNO/c13-10-3-1-2-9(6-10)8-15-12-5-4-11(14)7-12/h1-3,6,11-12H,4-5,7-8,14H2. The van der Waals surface area contributed by atoms with Crippen LogP contribution in [0.5, 0.6) is 0 Å². The molecule has 2 atom stereocenters. The van der Waals surface area contributed by atoms with Gasteiger partial charge in [0, 0.05) is 11.1 Å². The van der Waals surface area contributed by atoms with Crippen LogP contribution in [0, 0.1) is 0 Å². The van der Waals surface area contributed by atoms with Gasteiger partial charge in [0.2, 0.25) is 0 Å². The average Bonchev–Trinajstić information content (AvgIpc) is 2.62. The summed E-state index contributed by atoms with van der Waals surface area (Å²) in [5.74, 6) is 0. The Kier molecular flexibility index (Phi) is 3.62. The normalized spacial score (nSPS) is 25.7. The molecular weight excluding hydrogens is 210 g/mol. The van der Waals surface area contributed by atoms with E-state index in [-0.39, 0.29) is 0 Å². The Hall–Kier alpha value is -0.570. The molecule has 0 saturated heterocycles. The SMILES string of the molecule is NC1CCC(OCc2cccc(Cl)c2)C1. The first-order valence-electron chi connectivity index (χ1n) is 5.35. The van der Waals surface area contributed by atoms with Gasteiger partial charge in [-0.25, -0.2) is 0 Å². The highest BCUT2D eigenvalue weighted by Crippen LogP contribution is 2.22. The van der Waals surface area contributed by atoms with Gasteiger partial charge in [0.1, 0.15) is 0 Å². The Morgan fingerprint density at radius 1 is 1.40 bits per heavy atom. The van der Waals surface area contributed by atoms with Gasteiger partial charge in [0.05, 0.1) is 12.7 Å². The first kappa shape index (κ1) is 10.9. The van der Waals surface area contributed by atoms with Crippen molar-refractivity contribution in [3.8, 4) is 0 Å². The molecule has 1 aliphatic rings. The fourth-order valence-electron chi connectivity index (χ4n) is 1.97. The van der Waals surface area contributed by atoms with Gasteiger partial charge in [-0.05, 0) is 37.0 Å². The molecule has 2 rings (SSSR count). The second-order valence-electron chi connectivity index (χ2n) is 4.14. The van der Waals surface area contributed by atoms with Crippen molar-refractivity contribution in [3.05, 3.63) is 34.9 Å². The molecule has 2 N–H and O–H groups in total. The summed E-state index contributed by atoms with van der Waals surface area (Å²) in [6.07, 6.45) is 3.49. The third-order valence-corrected chi connectivity index (χ3v) is 3.03. The smallest absolute Gasteiger partial charge is 0.0721 e. The Bertz CT molecular complexity index is 329. The molecule has 3 heteroatoms. The highest BCUT2D eigenvalue weighted by molar-refractivity contribution is 6.30. The summed E-state index contributed by atoms with van der Waals surface area (Å²) < 4.78 is 5.78. The first-order chi connectivity index (χ1) is 7.24. The number of hydrogen-bond donors (Lipinski definition) is 1. The minimum atomic E-state index is 0.328. The molecule has 0 amide bonds. The molecule has 0 radical (unpaired) electrons.